The summed E-state index contributed by atoms with van der Waals surface area (Å²) >= 11 is 0. The van der Waals surface area contributed by atoms with Gasteiger partial charge in [-0.2, -0.15) is 0 Å². The molecule has 0 unspecified atom stereocenters. The molecule has 0 radical (unpaired) electrons. The molecule has 2 aromatic rings. The van der Waals surface area contributed by atoms with Gasteiger partial charge in [0.15, 0.2) is 5.43 Å². The third-order valence-electron chi connectivity index (χ3n) is 5.06. The Labute approximate surface area is 154 Å². The zero-order valence-corrected chi connectivity index (χ0v) is 15.6. The number of benzene rings is 1. The maximum atomic E-state index is 12.4. The minimum atomic E-state index is -0.0116. The van der Waals surface area contributed by atoms with Crippen LogP contribution < -0.4 is 10.7 Å². The Bertz CT molecular complexity index is 780. The van der Waals surface area contributed by atoms with Gasteiger partial charge in [-0.1, -0.05) is 30.3 Å². The molecule has 1 amide bonds. The number of piperidine rings is 1. The lowest BCUT2D eigenvalue weighted by Gasteiger charge is -2.32. The molecule has 3 rings (SSSR count). The SMILES string of the molecule is Cc1cc(=O)cc(C)n1CC(=O)NC1CCN(Cc2ccccc2)CC1. The average Bonchev–Trinajstić information content (AvgIpc) is 2.61. The molecule has 5 nitrogen and oxygen atoms in total. The smallest absolute Gasteiger partial charge is 0.240 e. The van der Waals surface area contributed by atoms with Crippen molar-refractivity contribution < 1.29 is 4.79 Å². The van der Waals surface area contributed by atoms with Crippen LogP contribution in [0.25, 0.3) is 0 Å². The summed E-state index contributed by atoms with van der Waals surface area (Å²) in [4.78, 5) is 26.4. The van der Waals surface area contributed by atoms with Crippen molar-refractivity contribution in [2.24, 2.45) is 0 Å². The predicted molar refractivity (Wildman–Crippen MR) is 103 cm³/mol. The van der Waals surface area contributed by atoms with Gasteiger partial charge in [-0.05, 0) is 32.3 Å². The minimum absolute atomic E-state index is 0.0116. The van der Waals surface area contributed by atoms with E-state index in [-0.39, 0.29) is 23.9 Å². The number of nitrogens with zero attached hydrogens (tertiary/aromatic N) is 2. The fourth-order valence-electron chi connectivity index (χ4n) is 3.63. The summed E-state index contributed by atoms with van der Waals surface area (Å²) in [6.45, 7) is 6.96. The first-order chi connectivity index (χ1) is 12.5. The summed E-state index contributed by atoms with van der Waals surface area (Å²) in [6, 6.07) is 13.9. The predicted octanol–water partition coefficient (Wildman–Crippen LogP) is 2.25. The quantitative estimate of drug-likeness (QED) is 0.897. The third kappa shape index (κ3) is 4.82. The van der Waals surface area contributed by atoms with Crippen LogP contribution in [0.2, 0.25) is 0 Å². The molecular weight excluding hydrogens is 326 g/mol. The Morgan fingerprint density at radius 1 is 1.08 bits per heavy atom. The van der Waals surface area contributed by atoms with E-state index in [1.165, 1.54) is 5.56 Å². The van der Waals surface area contributed by atoms with Gasteiger partial charge in [0.05, 0.1) is 0 Å². The Balaban J connectivity index is 1.49. The number of amides is 1. The molecule has 0 saturated carbocycles. The normalized spacial score (nSPS) is 15.8. The summed E-state index contributed by atoms with van der Waals surface area (Å²) in [5.74, 6) is 0.0151. The first-order valence-electron chi connectivity index (χ1n) is 9.25. The number of rotatable bonds is 5. The van der Waals surface area contributed by atoms with Gasteiger partial charge in [-0.3, -0.25) is 14.5 Å². The number of nitrogens with one attached hydrogen (secondary N) is 1. The molecule has 1 aromatic heterocycles. The lowest BCUT2D eigenvalue weighted by Crippen LogP contribution is -2.45. The molecule has 1 N–H and O–H groups in total. The Morgan fingerprint density at radius 3 is 2.31 bits per heavy atom. The van der Waals surface area contributed by atoms with E-state index in [2.05, 4.69) is 34.5 Å². The van der Waals surface area contributed by atoms with Crippen LogP contribution in [0.3, 0.4) is 0 Å². The van der Waals surface area contributed by atoms with Crippen molar-refractivity contribution >= 4 is 5.91 Å². The first kappa shape index (κ1) is 18.4. The van der Waals surface area contributed by atoms with Crippen molar-refractivity contribution in [1.29, 1.82) is 0 Å². The molecule has 1 aliphatic heterocycles. The lowest BCUT2D eigenvalue weighted by atomic mass is 10.0. The highest BCUT2D eigenvalue weighted by molar-refractivity contribution is 5.76. The maximum Gasteiger partial charge on any atom is 0.240 e. The molecule has 26 heavy (non-hydrogen) atoms. The Kier molecular flexibility index (Phi) is 5.89. The summed E-state index contributed by atoms with van der Waals surface area (Å²) < 4.78 is 1.89. The Hall–Kier alpha value is -2.40. The molecule has 2 heterocycles. The number of hydrogen-bond donors (Lipinski definition) is 1. The van der Waals surface area contributed by atoms with Crippen molar-refractivity contribution in [1.82, 2.24) is 14.8 Å². The fourth-order valence-corrected chi connectivity index (χ4v) is 3.63. The van der Waals surface area contributed by atoms with Crippen molar-refractivity contribution in [2.45, 2.75) is 45.8 Å². The van der Waals surface area contributed by atoms with Gasteiger partial charge in [0.2, 0.25) is 5.91 Å². The van der Waals surface area contributed by atoms with Crippen molar-refractivity contribution in [3.05, 3.63) is 69.6 Å². The summed E-state index contributed by atoms with van der Waals surface area (Å²) in [7, 11) is 0. The van der Waals surface area contributed by atoms with Crippen LogP contribution in [-0.2, 0) is 17.9 Å². The van der Waals surface area contributed by atoms with Gasteiger partial charge in [-0.15, -0.1) is 0 Å². The largest absolute Gasteiger partial charge is 0.352 e. The van der Waals surface area contributed by atoms with E-state index in [1.807, 2.05) is 24.5 Å². The Morgan fingerprint density at radius 2 is 1.69 bits per heavy atom. The molecular formula is C21H27N3O2. The van der Waals surface area contributed by atoms with E-state index in [4.69, 9.17) is 0 Å². The average molecular weight is 353 g/mol. The van der Waals surface area contributed by atoms with Gasteiger partial charge in [0.1, 0.15) is 6.54 Å². The van der Waals surface area contributed by atoms with Crippen LogP contribution in [0.15, 0.2) is 47.3 Å². The van der Waals surface area contributed by atoms with Crippen LogP contribution in [0.4, 0.5) is 0 Å². The number of carbonyl (C=O) groups excluding carboxylic acids is 1. The monoisotopic (exact) mass is 353 g/mol. The van der Waals surface area contributed by atoms with E-state index in [0.717, 1.165) is 43.9 Å². The van der Waals surface area contributed by atoms with Crippen molar-refractivity contribution in [3.8, 4) is 0 Å². The summed E-state index contributed by atoms with van der Waals surface area (Å²) in [5, 5.41) is 3.16. The molecule has 1 fully saturated rings. The van der Waals surface area contributed by atoms with Crippen molar-refractivity contribution in [2.75, 3.05) is 13.1 Å². The van der Waals surface area contributed by atoms with E-state index in [9.17, 15) is 9.59 Å². The van der Waals surface area contributed by atoms with Gasteiger partial charge in [0, 0.05) is 49.2 Å². The van der Waals surface area contributed by atoms with Gasteiger partial charge >= 0.3 is 0 Å². The van der Waals surface area contributed by atoms with Crippen LogP contribution >= 0.6 is 0 Å². The molecule has 1 saturated heterocycles. The van der Waals surface area contributed by atoms with E-state index in [0.29, 0.717) is 0 Å². The van der Waals surface area contributed by atoms with Crippen LogP contribution in [0.1, 0.15) is 29.8 Å². The lowest BCUT2D eigenvalue weighted by molar-refractivity contribution is -0.122. The van der Waals surface area contributed by atoms with Crippen LogP contribution in [0, 0.1) is 13.8 Å². The van der Waals surface area contributed by atoms with E-state index in [1.54, 1.807) is 12.1 Å². The second kappa shape index (κ2) is 8.32. The van der Waals surface area contributed by atoms with E-state index >= 15 is 0 Å². The van der Waals surface area contributed by atoms with Crippen LogP contribution in [0.5, 0.6) is 0 Å². The van der Waals surface area contributed by atoms with Gasteiger partial charge in [0.25, 0.3) is 0 Å². The first-order valence-corrected chi connectivity index (χ1v) is 9.25. The standard InChI is InChI=1S/C21H27N3O2/c1-16-12-20(25)13-17(2)24(16)15-21(26)22-19-8-10-23(11-9-19)14-18-6-4-3-5-7-18/h3-7,12-13,19H,8-11,14-15H2,1-2H3,(H,22,26). The highest BCUT2D eigenvalue weighted by atomic mass is 16.2. The molecule has 138 valence electrons. The summed E-state index contributed by atoms with van der Waals surface area (Å²) in [6.07, 6.45) is 1.95. The van der Waals surface area contributed by atoms with Gasteiger partial charge in [-0.25, -0.2) is 0 Å². The van der Waals surface area contributed by atoms with E-state index < -0.39 is 0 Å². The fraction of sp³-hybridized carbons (Fsp3) is 0.429. The maximum absolute atomic E-state index is 12.4. The molecule has 0 spiro atoms. The van der Waals surface area contributed by atoms with Crippen LogP contribution in [-0.4, -0.2) is 34.5 Å². The number of carbonyl (C=O) groups is 1. The second-order valence-corrected chi connectivity index (χ2v) is 7.16. The number of likely N-dealkylation sites (tertiary alicyclic amines) is 1. The number of aryl methyl sites for hydroxylation is 2. The molecule has 5 heteroatoms. The second-order valence-electron chi connectivity index (χ2n) is 7.16. The molecule has 1 aromatic carbocycles. The zero-order valence-electron chi connectivity index (χ0n) is 15.6. The molecule has 1 aliphatic rings. The highest BCUT2D eigenvalue weighted by Crippen LogP contribution is 2.14. The molecule has 0 atom stereocenters. The van der Waals surface area contributed by atoms with Gasteiger partial charge < -0.3 is 9.88 Å². The minimum Gasteiger partial charge on any atom is -0.352 e. The number of pyridine rings is 1. The number of hydrogen-bond acceptors (Lipinski definition) is 3. The topological polar surface area (TPSA) is 54.3 Å². The summed E-state index contributed by atoms with van der Waals surface area (Å²) in [5.41, 5.74) is 2.97. The highest BCUT2D eigenvalue weighted by Gasteiger charge is 2.21. The molecule has 0 bridgehead atoms. The number of aromatic nitrogens is 1. The van der Waals surface area contributed by atoms with Crippen molar-refractivity contribution in [3.63, 3.8) is 0 Å². The molecule has 0 aliphatic carbocycles. The third-order valence-corrected chi connectivity index (χ3v) is 5.06. The zero-order chi connectivity index (χ0) is 18.5.